The quantitative estimate of drug-likeness (QED) is 0.758. The summed E-state index contributed by atoms with van der Waals surface area (Å²) in [6.07, 6.45) is 7.42. The summed E-state index contributed by atoms with van der Waals surface area (Å²) in [6, 6.07) is 17.0. The van der Waals surface area contributed by atoms with Gasteiger partial charge in [-0.25, -0.2) is 5.01 Å². The molecular weight excluding hydrogens is 336 g/mol. The van der Waals surface area contributed by atoms with Crippen LogP contribution in [-0.2, 0) is 0 Å². The number of para-hydroxylation sites is 1. The van der Waals surface area contributed by atoms with Gasteiger partial charge in [0, 0.05) is 17.9 Å². The van der Waals surface area contributed by atoms with Gasteiger partial charge in [0.05, 0.1) is 18.9 Å². The Hall–Kier alpha value is -2.49. The van der Waals surface area contributed by atoms with E-state index in [1.54, 1.807) is 7.11 Å². The summed E-state index contributed by atoms with van der Waals surface area (Å²) in [6.45, 7) is 0. The van der Waals surface area contributed by atoms with Crippen molar-refractivity contribution in [3.05, 3.63) is 59.7 Å². The molecule has 4 heteroatoms. The molecule has 27 heavy (non-hydrogen) atoms. The van der Waals surface area contributed by atoms with Crippen LogP contribution in [0.15, 0.2) is 53.6 Å². The van der Waals surface area contributed by atoms with Crippen molar-refractivity contribution >= 4 is 5.71 Å². The smallest absolute Gasteiger partial charge is 0.190 e. The maximum atomic E-state index is 6.50. The highest BCUT2D eigenvalue weighted by molar-refractivity contribution is 6.02. The summed E-state index contributed by atoms with van der Waals surface area (Å²) >= 11 is 0. The van der Waals surface area contributed by atoms with Gasteiger partial charge in [-0.3, -0.25) is 0 Å². The Morgan fingerprint density at radius 3 is 2.56 bits per heavy atom. The van der Waals surface area contributed by atoms with Gasteiger partial charge in [0.15, 0.2) is 6.23 Å². The Bertz CT molecular complexity index is 840. The van der Waals surface area contributed by atoms with Crippen LogP contribution in [-0.4, -0.2) is 24.1 Å². The van der Waals surface area contributed by atoms with Crippen molar-refractivity contribution in [2.75, 3.05) is 7.11 Å². The second-order valence-corrected chi connectivity index (χ2v) is 7.82. The number of hydrogen-bond donors (Lipinski definition) is 0. The van der Waals surface area contributed by atoms with Crippen LogP contribution in [0.25, 0.3) is 0 Å². The Kier molecular flexibility index (Phi) is 4.27. The molecule has 0 radical (unpaired) electrons. The third-order valence-electron chi connectivity index (χ3n) is 6.21. The van der Waals surface area contributed by atoms with E-state index in [-0.39, 0.29) is 12.3 Å². The minimum absolute atomic E-state index is 0.0564. The van der Waals surface area contributed by atoms with E-state index >= 15 is 0 Å². The first-order valence-corrected chi connectivity index (χ1v) is 10.1. The van der Waals surface area contributed by atoms with E-state index in [0.717, 1.165) is 23.6 Å². The second kappa shape index (κ2) is 6.91. The number of ether oxygens (including phenoxy) is 2. The molecule has 5 rings (SSSR count). The minimum atomic E-state index is 0.0564. The van der Waals surface area contributed by atoms with Gasteiger partial charge >= 0.3 is 0 Å². The molecule has 0 aromatic heterocycles. The molecule has 0 unspecified atom stereocenters. The van der Waals surface area contributed by atoms with Gasteiger partial charge in [-0.1, -0.05) is 37.5 Å². The Balaban J connectivity index is 1.50. The fraction of sp³-hybridized carbons (Fsp3) is 0.435. The summed E-state index contributed by atoms with van der Waals surface area (Å²) < 4.78 is 11.8. The molecule has 2 aromatic rings. The molecule has 1 fully saturated rings. The lowest BCUT2D eigenvalue weighted by Crippen LogP contribution is -2.45. The van der Waals surface area contributed by atoms with E-state index in [9.17, 15) is 0 Å². The minimum Gasteiger partial charge on any atom is -0.497 e. The van der Waals surface area contributed by atoms with Gasteiger partial charge in [0.25, 0.3) is 0 Å². The Morgan fingerprint density at radius 2 is 1.78 bits per heavy atom. The lowest BCUT2D eigenvalue weighted by atomic mass is 9.86. The third kappa shape index (κ3) is 2.97. The zero-order valence-corrected chi connectivity index (χ0v) is 15.8. The van der Waals surface area contributed by atoms with Gasteiger partial charge in [-0.05, 0) is 48.7 Å². The fourth-order valence-corrected chi connectivity index (χ4v) is 4.75. The summed E-state index contributed by atoms with van der Waals surface area (Å²) in [7, 11) is 1.70. The van der Waals surface area contributed by atoms with Crippen molar-refractivity contribution in [1.82, 2.24) is 5.01 Å². The molecular formula is C23H26N2O2. The van der Waals surface area contributed by atoms with Crippen LogP contribution in [0, 0.1) is 5.92 Å². The number of nitrogens with zero attached hydrogens (tertiary/aromatic N) is 2. The van der Waals surface area contributed by atoms with Gasteiger partial charge < -0.3 is 9.47 Å². The van der Waals surface area contributed by atoms with Crippen molar-refractivity contribution in [3.63, 3.8) is 0 Å². The Labute approximate surface area is 160 Å². The lowest BCUT2D eigenvalue weighted by Gasteiger charge is -2.42. The first-order chi connectivity index (χ1) is 13.3. The molecule has 0 bridgehead atoms. The summed E-state index contributed by atoms with van der Waals surface area (Å²) in [4.78, 5) is 0. The number of methoxy groups -OCH3 is 1. The van der Waals surface area contributed by atoms with Crippen molar-refractivity contribution in [1.29, 1.82) is 0 Å². The van der Waals surface area contributed by atoms with Crippen LogP contribution >= 0.6 is 0 Å². The molecule has 1 aliphatic carbocycles. The highest BCUT2D eigenvalue weighted by Gasteiger charge is 2.43. The predicted molar refractivity (Wildman–Crippen MR) is 106 cm³/mol. The number of fused-ring (bicyclic) bond motifs is 3. The van der Waals surface area contributed by atoms with E-state index in [4.69, 9.17) is 14.6 Å². The average Bonchev–Trinajstić information content (AvgIpc) is 3.19. The van der Waals surface area contributed by atoms with E-state index in [2.05, 4.69) is 41.4 Å². The van der Waals surface area contributed by atoms with Crippen LogP contribution in [0.5, 0.6) is 11.5 Å². The van der Waals surface area contributed by atoms with E-state index in [1.807, 2.05) is 12.1 Å². The monoisotopic (exact) mass is 362 g/mol. The fourth-order valence-electron chi connectivity index (χ4n) is 4.75. The standard InChI is InChI=1S/C23H26N2O2/c1-26-18-13-11-16(12-14-18)20-15-21-19-9-5-6-10-22(19)27-23(25(21)24-20)17-7-3-2-4-8-17/h5-6,9-14,17,21,23H,2-4,7-8,15H2,1H3/t21-,23+/m1/s1. The second-order valence-electron chi connectivity index (χ2n) is 7.82. The van der Waals surface area contributed by atoms with E-state index in [1.165, 1.54) is 43.2 Å². The van der Waals surface area contributed by atoms with E-state index in [0.29, 0.717) is 5.92 Å². The van der Waals surface area contributed by atoms with Gasteiger partial charge in [0.1, 0.15) is 11.5 Å². The zero-order chi connectivity index (χ0) is 18.2. The zero-order valence-electron chi connectivity index (χ0n) is 15.8. The third-order valence-corrected chi connectivity index (χ3v) is 6.21. The summed E-state index contributed by atoms with van der Waals surface area (Å²) in [5.74, 6) is 2.48. The molecule has 0 N–H and O–H groups in total. The molecule has 0 saturated heterocycles. The molecule has 2 atom stereocenters. The molecule has 140 valence electrons. The number of benzene rings is 2. The number of hydrogen-bond acceptors (Lipinski definition) is 4. The summed E-state index contributed by atoms with van der Waals surface area (Å²) in [5.41, 5.74) is 3.57. The molecule has 2 aliphatic heterocycles. The molecule has 2 aromatic carbocycles. The normalized spacial score (nSPS) is 24.6. The average molecular weight is 362 g/mol. The number of hydrazone groups is 1. The molecule has 2 heterocycles. The van der Waals surface area contributed by atoms with Crippen molar-refractivity contribution in [3.8, 4) is 11.5 Å². The van der Waals surface area contributed by atoms with Crippen LogP contribution < -0.4 is 9.47 Å². The first kappa shape index (κ1) is 16.7. The molecule has 0 spiro atoms. The van der Waals surface area contributed by atoms with Crippen LogP contribution in [0.1, 0.15) is 55.7 Å². The lowest BCUT2D eigenvalue weighted by molar-refractivity contribution is -0.0643. The van der Waals surface area contributed by atoms with Gasteiger partial charge in [0.2, 0.25) is 0 Å². The largest absolute Gasteiger partial charge is 0.497 e. The highest BCUT2D eigenvalue weighted by atomic mass is 16.5. The van der Waals surface area contributed by atoms with Crippen molar-refractivity contribution < 1.29 is 9.47 Å². The SMILES string of the molecule is COc1ccc(C2=NN3[C@H](C2)c2ccccc2O[C@H]3C2CCCCC2)cc1. The number of rotatable bonds is 3. The maximum absolute atomic E-state index is 6.50. The molecule has 3 aliphatic rings. The van der Waals surface area contributed by atoms with Crippen molar-refractivity contribution in [2.45, 2.75) is 50.8 Å². The van der Waals surface area contributed by atoms with Crippen LogP contribution in [0.4, 0.5) is 0 Å². The molecule has 4 nitrogen and oxygen atoms in total. The van der Waals surface area contributed by atoms with Gasteiger partial charge in [-0.2, -0.15) is 5.10 Å². The molecule has 0 amide bonds. The first-order valence-electron chi connectivity index (χ1n) is 10.1. The highest BCUT2D eigenvalue weighted by Crippen LogP contribution is 2.46. The van der Waals surface area contributed by atoms with Crippen molar-refractivity contribution in [2.24, 2.45) is 11.0 Å². The topological polar surface area (TPSA) is 34.1 Å². The van der Waals surface area contributed by atoms with Gasteiger partial charge in [-0.15, -0.1) is 0 Å². The summed E-state index contributed by atoms with van der Waals surface area (Å²) in [5, 5.41) is 7.34. The predicted octanol–water partition coefficient (Wildman–Crippen LogP) is 5.15. The van der Waals surface area contributed by atoms with Crippen LogP contribution in [0.3, 0.4) is 0 Å². The van der Waals surface area contributed by atoms with E-state index < -0.39 is 0 Å². The Morgan fingerprint density at radius 1 is 1.00 bits per heavy atom. The molecule has 1 saturated carbocycles. The maximum Gasteiger partial charge on any atom is 0.190 e. The van der Waals surface area contributed by atoms with Crippen LogP contribution in [0.2, 0.25) is 0 Å².